The number of hydrogen-bond donors (Lipinski definition) is 0. The Morgan fingerprint density at radius 3 is 2.52 bits per heavy atom. The molecule has 0 radical (unpaired) electrons. The topological polar surface area (TPSA) is 17.1 Å². The van der Waals surface area contributed by atoms with Crippen molar-refractivity contribution in [3.05, 3.63) is 12.7 Å². The summed E-state index contributed by atoms with van der Waals surface area (Å²) in [6.45, 7) is 10.5. The minimum absolute atomic E-state index is 0.153. The maximum atomic E-state index is 13.6. The van der Waals surface area contributed by atoms with E-state index in [1.165, 1.54) is 44.9 Å². The quantitative estimate of drug-likeness (QED) is 0.411. The summed E-state index contributed by atoms with van der Waals surface area (Å²) >= 11 is 0. The lowest BCUT2D eigenvalue weighted by Gasteiger charge is -2.59. The molecule has 3 aliphatic rings. The lowest BCUT2D eigenvalue weighted by molar-refractivity contribution is -0.117. The van der Waals surface area contributed by atoms with Crippen molar-refractivity contribution in [2.45, 2.75) is 91.4 Å². The number of alkyl halides is 1. The van der Waals surface area contributed by atoms with E-state index < -0.39 is 0 Å². The van der Waals surface area contributed by atoms with Gasteiger partial charge in [-0.05, 0) is 112 Å². The molecule has 27 heavy (non-hydrogen) atoms. The maximum Gasteiger partial charge on any atom is 0.129 e. The van der Waals surface area contributed by atoms with E-state index in [4.69, 9.17) is 0 Å². The second-order valence-corrected chi connectivity index (χ2v) is 10.5. The summed E-state index contributed by atoms with van der Waals surface area (Å²) in [6.07, 6.45) is 14.8. The van der Waals surface area contributed by atoms with Crippen LogP contribution in [0.5, 0.6) is 0 Å². The molecule has 154 valence electrons. The first-order chi connectivity index (χ1) is 12.9. The Kier molecular flexibility index (Phi) is 6.53. The Morgan fingerprint density at radius 2 is 1.85 bits per heavy atom. The van der Waals surface area contributed by atoms with Crippen molar-refractivity contribution in [3.63, 3.8) is 0 Å². The van der Waals surface area contributed by atoms with E-state index >= 15 is 0 Å². The van der Waals surface area contributed by atoms with E-state index in [2.05, 4.69) is 26.5 Å². The van der Waals surface area contributed by atoms with Gasteiger partial charge in [-0.1, -0.05) is 19.9 Å². The normalized spacial score (nSPS) is 43.8. The Bertz CT molecular complexity index is 542. The summed E-state index contributed by atoms with van der Waals surface area (Å²) in [6, 6.07) is 0. The molecule has 2 heteroatoms. The van der Waals surface area contributed by atoms with E-state index in [9.17, 15) is 9.18 Å². The van der Waals surface area contributed by atoms with Crippen LogP contribution in [0.2, 0.25) is 0 Å². The predicted octanol–water partition coefficient (Wildman–Crippen LogP) is 7.16. The van der Waals surface area contributed by atoms with Crippen molar-refractivity contribution in [2.75, 3.05) is 6.67 Å². The molecule has 0 bridgehead atoms. The lowest BCUT2D eigenvalue weighted by atomic mass is 9.46. The van der Waals surface area contributed by atoms with Gasteiger partial charge in [0.25, 0.3) is 0 Å². The molecule has 3 aliphatic carbocycles. The Morgan fingerprint density at radius 1 is 1.11 bits per heavy atom. The molecule has 0 N–H and O–H groups in total. The van der Waals surface area contributed by atoms with E-state index in [1.807, 2.05) is 0 Å². The van der Waals surface area contributed by atoms with Gasteiger partial charge in [0.2, 0.25) is 0 Å². The van der Waals surface area contributed by atoms with Gasteiger partial charge in [-0.3, -0.25) is 4.39 Å². The molecule has 0 aromatic carbocycles. The lowest BCUT2D eigenvalue weighted by Crippen LogP contribution is -2.52. The zero-order chi connectivity index (χ0) is 19.7. The highest BCUT2D eigenvalue weighted by Crippen LogP contribution is 2.66. The van der Waals surface area contributed by atoms with Crippen LogP contribution in [0.15, 0.2) is 12.7 Å². The number of Topliss-reactive ketones (excluding diaryl/α,β-unsaturated/α-hetero) is 1. The minimum Gasteiger partial charge on any atom is -0.300 e. The van der Waals surface area contributed by atoms with Crippen LogP contribution in [0.25, 0.3) is 0 Å². The fraction of sp³-hybridized carbons (Fsp3) is 0.880. The van der Waals surface area contributed by atoms with E-state index in [1.54, 1.807) is 6.92 Å². The maximum absolute atomic E-state index is 13.6. The van der Waals surface area contributed by atoms with Gasteiger partial charge in [0.15, 0.2) is 0 Å². The van der Waals surface area contributed by atoms with E-state index in [-0.39, 0.29) is 12.1 Å². The van der Waals surface area contributed by atoms with E-state index in [0.717, 1.165) is 43.4 Å². The molecule has 0 spiro atoms. The molecule has 0 aliphatic heterocycles. The van der Waals surface area contributed by atoms with Crippen molar-refractivity contribution < 1.29 is 9.18 Å². The second kappa shape index (κ2) is 8.37. The number of ketones is 1. The van der Waals surface area contributed by atoms with Gasteiger partial charge >= 0.3 is 0 Å². The number of carbonyl (C=O) groups excluding carboxylic acids is 1. The molecular weight excluding hydrogens is 335 g/mol. The fourth-order valence-electron chi connectivity index (χ4n) is 7.90. The van der Waals surface area contributed by atoms with Crippen molar-refractivity contribution in [3.8, 4) is 0 Å². The van der Waals surface area contributed by atoms with Gasteiger partial charge in [0.05, 0.1) is 6.67 Å². The summed E-state index contributed by atoms with van der Waals surface area (Å²) in [5, 5.41) is 0. The first-order valence-corrected chi connectivity index (χ1v) is 11.5. The van der Waals surface area contributed by atoms with Crippen LogP contribution >= 0.6 is 0 Å². The standard InChI is InChI=1S/C25H41FO/c1-5-7-19-10-12-21-22-13-11-20(9-6-8-18(2)27)24(22,3)15-14-23(21)25(19,4)16-17-26/h5,19-23H,1,6-17H2,2-4H3. The van der Waals surface area contributed by atoms with Crippen LogP contribution in [-0.4, -0.2) is 12.5 Å². The predicted molar refractivity (Wildman–Crippen MR) is 111 cm³/mol. The molecule has 3 rings (SSSR count). The third-order valence-electron chi connectivity index (χ3n) is 9.43. The molecule has 0 aromatic heterocycles. The van der Waals surface area contributed by atoms with Crippen LogP contribution in [0, 0.1) is 40.4 Å². The summed E-state index contributed by atoms with van der Waals surface area (Å²) in [7, 11) is 0. The average Bonchev–Trinajstić information content (AvgIpc) is 2.94. The zero-order valence-corrected chi connectivity index (χ0v) is 17.9. The molecule has 0 amide bonds. The highest BCUT2D eigenvalue weighted by Gasteiger charge is 2.58. The van der Waals surface area contributed by atoms with Crippen molar-refractivity contribution in [2.24, 2.45) is 40.4 Å². The van der Waals surface area contributed by atoms with Gasteiger partial charge in [-0.2, -0.15) is 0 Å². The highest BCUT2D eigenvalue weighted by molar-refractivity contribution is 5.75. The number of halogens is 1. The molecule has 0 saturated heterocycles. The van der Waals surface area contributed by atoms with Crippen molar-refractivity contribution in [1.82, 2.24) is 0 Å². The zero-order valence-electron chi connectivity index (χ0n) is 17.9. The molecule has 1 nitrogen and oxygen atoms in total. The Hall–Kier alpha value is -0.660. The van der Waals surface area contributed by atoms with Gasteiger partial charge in [0, 0.05) is 6.42 Å². The number of hydrogen-bond acceptors (Lipinski definition) is 1. The second-order valence-electron chi connectivity index (χ2n) is 10.5. The summed E-state index contributed by atoms with van der Waals surface area (Å²) in [5.41, 5.74) is 0.611. The van der Waals surface area contributed by atoms with E-state index in [0.29, 0.717) is 23.0 Å². The van der Waals surface area contributed by atoms with Crippen LogP contribution < -0.4 is 0 Å². The largest absolute Gasteiger partial charge is 0.300 e. The Balaban J connectivity index is 1.75. The molecule has 7 unspecified atom stereocenters. The van der Waals surface area contributed by atoms with Crippen LogP contribution in [-0.2, 0) is 4.79 Å². The summed E-state index contributed by atoms with van der Waals surface area (Å²) < 4.78 is 13.6. The average molecular weight is 377 g/mol. The first-order valence-electron chi connectivity index (χ1n) is 11.5. The minimum atomic E-state index is -0.178. The van der Waals surface area contributed by atoms with Gasteiger partial charge in [0.1, 0.15) is 5.78 Å². The third kappa shape index (κ3) is 3.79. The van der Waals surface area contributed by atoms with Crippen LogP contribution in [0.3, 0.4) is 0 Å². The molecule has 0 aromatic rings. The van der Waals surface area contributed by atoms with Gasteiger partial charge in [-0.25, -0.2) is 0 Å². The summed E-state index contributed by atoms with van der Waals surface area (Å²) in [5.74, 6) is 4.05. The number of allylic oxidation sites excluding steroid dienone is 1. The summed E-state index contributed by atoms with van der Waals surface area (Å²) in [4.78, 5) is 11.3. The van der Waals surface area contributed by atoms with Gasteiger partial charge in [-0.15, -0.1) is 6.58 Å². The van der Waals surface area contributed by atoms with Crippen LogP contribution in [0.1, 0.15) is 91.4 Å². The van der Waals surface area contributed by atoms with Crippen molar-refractivity contribution in [1.29, 1.82) is 0 Å². The van der Waals surface area contributed by atoms with Crippen LogP contribution in [0.4, 0.5) is 4.39 Å². The SMILES string of the molecule is C=CCC1CCC2C(CCC3(C)C(CCCC(C)=O)CCC23)C1(C)CCF. The molecule has 3 saturated carbocycles. The number of carbonyl (C=O) groups is 1. The fourth-order valence-corrected chi connectivity index (χ4v) is 7.90. The Labute approximate surface area is 166 Å². The molecule has 0 heterocycles. The first kappa shape index (κ1) is 21.1. The van der Waals surface area contributed by atoms with Crippen molar-refractivity contribution >= 4 is 5.78 Å². The molecular formula is C25H41FO. The smallest absolute Gasteiger partial charge is 0.129 e. The number of fused-ring (bicyclic) bond motifs is 3. The highest BCUT2D eigenvalue weighted by atomic mass is 19.1. The monoisotopic (exact) mass is 376 g/mol. The number of rotatable bonds is 8. The molecule has 3 fully saturated rings. The third-order valence-corrected chi connectivity index (χ3v) is 9.43. The van der Waals surface area contributed by atoms with Gasteiger partial charge < -0.3 is 4.79 Å². The molecule has 7 atom stereocenters.